The molecular weight excluding hydrogens is 444 g/mol. The lowest BCUT2D eigenvalue weighted by molar-refractivity contribution is -0.124. The zero-order chi connectivity index (χ0) is 24.6. The van der Waals surface area contributed by atoms with E-state index in [9.17, 15) is 14.7 Å². The van der Waals surface area contributed by atoms with Crippen LogP contribution in [0.25, 0.3) is 10.9 Å². The zero-order valence-electron chi connectivity index (χ0n) is 19.7. The van der Waals surface area contributed by atoms with Crippen LogP contribution in [0, 0.1) is 0 Å². The molecule has 9 nitrogen and oxygen atoms in total. The Balaban J connectivity index is 1.29. The van der Waals surface area contributed by atoms with Gasteiger partial charge in [0, 0.05) is 47.4 Å². The Hall–Kier alpha value is -3.98. The number of amides is 1. The molecule has 1 aliphatic heterocycles. The second-order valence-corrected chi connectivity index (χ2v) is 9.42. The second kappa shape index (κ2) is 8.99. The van der Waals surface area contributed by atoms with E-state index >= 15 is 0 Å². The predicted molar refractivity (Wildman–Crippen MR) is 133 cm³/mol. The molecule has 1 atom stereocenters. The number of hydrogen-bond acceptors (Lipinski definition) is 6. The van der Waals surface area contributed by atoms with Crippen molar-refractivity contribution >= 4 is 22.6 Å². The van der Waals surface area contributed by atoms with Crippen molar-refractivity contribution in [2.75, 3.05) is 5.32 Å². The van der Waals surface area contributed by atoms with Crippen LogP contribution < -0.4 is 16.2 Å². The number of carbonyl (C=O) groups is 1. The van der Waals surface area contributed by atoms with Crippen molar-refractivity contribution in [3.63, 3.8) is 0 Å². The van der Waals surface area contributed by atoms with E-state index in [-0.39, 0.29) is 17.3 Å². The minimum absolute atomic E-state index is 0.197. The number of anilines is 1. The molecule has 3 aromatic heterocycles. The minimum atomic E-state index is -0.953. The van der Waals surface area contributed by atoms with Crippen molar-refractivity contribution in [3.8, 4) is 0 Å². The number of aromatic amines is 1. The fourth-order valence-corrected chi connectivity index (χ4v) is 4.49. The molecule has 1 aromatic carbocycles. The minimum Gasteiger partial charge on any atom is -0.386 e. The summed E-state index contributed by atoms with van der Waals surface area (Å²) in [6.07, 6.45) is 6.32. The molecule has 0 fully saturated rings. The summed E-state index contributed by atoms with van der Waals surface area (Å²) in [5, 5.41) is 17.3. The SMILES string of the molecule is CC(C)(O)c1cccc(CNc2ncc3n(c2=O)[C@H](C(=O)NCc2cc4cnccc4[nH]2)CC3)c1. The molecule has 0 saturated heterocycles. The number of carbonyl (C=O) groups excluding carboxylic acids is 1. The van der Waals surface area contributed by atoms with Gasteiger partial charge in [-0.1, -0.05) is 24.3 Å². The Morgan fingerprint density at radius 3 is 2.89 bits per heavy atom. The molecule has 0 spiro atoms. The van der Waals surface area contributed by atoms with Crippen molar-refractivity contribution in [3.05, 3.63) is 87.9 Å². The molecule has 180 valence electrons. The van der Waals surface area contributed by atoms with Gasteiger partial charge in [0.25, 0.3) is 5.56 Å². The molecule has 1 amide bonds. The first kappa shape index (κ1) is 22.8. The highest BCUT2D eigenvalue weighted by atomic mass is 16.3. The molecule has 35 heavy (non-hydrogen) atoms. The van der Waals surface area contributed by atoms with Crippen molar-refractivity contribution in [1.29, 1.82) is 0 Å². The van der Waals surface area contributed by atoms with Gasteiger partial charge < -0.3 is 20.7 Å². The summed E-state index contributed by atoms with van der Waals surface area (Å²) in [5.41, 5.74) is 3.03. The monoisotopic (exact) mass is 472 g/mol. The van der Waals surface area contributed by atoms with Gasteiger partial charge in [-0.2, -0.15) is 0 Å². The van der Waals surface area contributed by atoms with Crippen molar-refractivity contribution in [1.82, 2.24) is 24.8 Å². The first-order valence-electron chi connectivity index (χ1n) is 11.6. The number of nitrogens with one attached hydrogen (secondary N) is 3. The van der Waals surface area contributed by atoms with Gasteiger partial charge in [-0.25, -0.2) is 4.98 Å². The van der Waals surface area contributed by atoms with Crippen molar-refractivity contribution in [2.24, 2.45) is 0 Å². The molecule has 4 heterocycles. The lowest BCUT2D eigenvalue weighted by atomic mass is 9.96. The first-order valence-corrected chi connectivity index (χ1v) is 11.6. The van der Waals surface area contributed by atoms with Gasteiger partial charge >= 0.3 is 0 Å². The van der Waals surface area contributed by atoms with Crippen LogP contribution in [0.2, 0.25) is 0 Å². The number of aliphatic hydroxyl groups is 1. The molecule has 0 bridgehead atoms. The number of benzene rings is 1. The predicted octanol–water partition coefficient (Wildman–Crippen LogP) is 2.76. The summed E-state index contributed by atoms with van der Waals surface area (Å²) in [5.74, 6) is 0.00267. The Morgan fingerprint density at radius 1 is 1.23 bits per heavy atom. The molecule has 0 unspecified atom stereocenters. The largest absolute Gasteiger partial charge is 0.386 e. The molecule has 5 rings (SSSR count). The summed E-state index contributed by atoms with van der Waals surface area (Å²) in [4.78, 5) is 37.9. The lowest BCUT2D eigenvalue weighted by Crippen LogP contribution is -2.36. The highest BCUT2D eigenvalue weighted by molar-refractivity contribution is 5.82. The van der Waals surface area contributed by atoms with Crippen LogP contribution in [-0.2, 0) is 29.9 Å². The fraction of sp³-hybridized carbons (Fsp3) is 0.308. The lowest BCUT2D eigenvalue weighted by Gasteiger charge is -2.19. The quantitative estimate of drug-likeness (QED) is 0.328. The maximum absolute atomic E-state index is 13.2. The second-order valence-electron chi connectivity index (χ2n) is 9.42. The van der Waals surface area contributed by atoms with Crippen LogP contribution in [0.15, 0.2) is 59.8 Å². The Bertz CT molecular complexity index is 1420. The molecule has 4 aromatic rings. The Morgan fingerprint density at radius 2 is 2.09 bits per heavy atom. The van der Waals surface area contributed by atoms with Crippen LogP contribution in [0.3, 0.4) is 0 Å². The first-order chi connectivity index (χ1) is 16.8. The average molecular weight is 473 g/mol. The standard InChI is InChI=1S/C26H28N6O3/c1-26(2,35)18-5-3-4-16(10-18)12-28-23-25(34)32-20(15-29-23)6-7-22(32)24(33)30-14-19-11-17-13-27-9-8-21(17)31-19/h3-5,8-11,13,15,22,31,35H,6-7,12,14H2,1-2H3,(H,28,29)(H,30,33)/t22-/m0/s1. The maximum atomic E-state index is 13.2. The highest BCUT2D eigenvalue weighted by Gasteiger charge is 2.30. The van der Waals surface area contributed by atoms with Crippen LogP contribution in [-0.4, -0.2) is 30.5 Å². The third-order valence-electron chi connectivity index (χ3n) is 6.39. The van der Waals surface area contributed by atoms with Crippen molar-refractivity contribution < 1.29 is 9.90 Å². The van der Waals surface area contributed by atoms with E-state index in [1.807, 2.05) is 36.4 Å². The van der Waals surface area contributed by atoms with Crippen LogP contribution in [0.1, 0.15) is 48.8 Å². The van der Waals surface area contributed by atoms with E-state index in [4.69, 9.17) is 0 Å². The average Bonchev–Trinajstić information content (AvgIpc) is 3.46. The fourth-order valence-electron chi connectivity index (χ4n) is 4.49. The zero-order valence-corrected chi connectivity index (χ0v) is 19.7. The number of H-pyrrole nitrogens is 1. The molecular formula is C26H28N6O3. The number of rotatable bonds is 7. The third-order valence-corrected chi connectivity index (χ3v) is 6.39. The van der Waals surface area contributed by atoms with Crippen LogP contribution in [0.4, 0.5) is 5.82 Å². The van der Waals surface area contributed by atoms with Gasteiger partial charge in [0.15, 0.2) is 5.82 Å². The topological polar surface area (TPSA) is 125 Å². The molecule has 0 saturated carbocycles. The summed E-state index contributed by atoms with van der Waals surface area (Å²) in [6.45, 7) is 4.17. The molecule has 1 aliphatic rings. The van der Waals surface area contributed by atoms with Gasteiger partial charge in [0.05, 0.1) is 12.1 Å². The van der Waals surface area contributed by atoms with Gasteiger partial charge in [-0.05, 0) is 49.9 Å². The normalized spacial score (nSPS) is 15.2. The third kappa shape index (κ3) is 4.67. The van der Waals surface area contributed by atoms with Crippen molar-refractivity contribution in [2.45, 2.75) is 51.4 Å². The number of nitrogens with zero attached hydrogens (tertiary/aromatic N) is 3. The smallest absolute Gasteiger partial charge is 0.294 e. The van der Waals surface area contributed by atoms with Crippen LogP contribution >= 0.6 is 0 Å². The number of aryl methyl sites for hydroxylation is 1. The van der Waals surface area contributed by atoms with E-state index in [2.05, 4.69) is 25.6 Å². The van der Waals surface area contributed by atoms with Gasteiger partial charge in [-0.3, -0.25) is 19.1 Å². The number of hydrogen-bond donors (Lipinski definition) is 4. The molecule has 0 aliphatic carbocycles. The van der Waals surface area contributed by atoms with E-state index in [1.165, 1.54) is 0 Å². The summed E-state index contributed by atoms with van der Waals surface area (Å²) < 4.78 is 1.55. The van der Waals surface area contributed by atoms with Crippen LogP contribution in [0.5, 0.6) is 0 Å². The number of aromatic nitrogens is 4. The Kier molecular flexibility index (Phi) is 5.86. The Labute approximate surface area is 202 Å². The highest BCUT2D eigenvalue weighted by Crippen LogP contribution is 2.25. The van der Waals surface area contributed by atoms with Gasteiger partial charge in [0.1, 0.15) is 6.04 Å². The molecule has 0 radical (unpaired) electrons. The van der Waals surface area contributed by atoms with Gasteiger partial charge in [-0.15, -0.1) is 0 Å². The maximum Gasteiger partial charge on any atom is 0.294 e. The van der Waals surface area contributed by atoms with Gasteiger partial charge in [0.2, 0.25) is 5.91 Å². The number of fused-ring (bicyclic) bond motifs is 2. The molecule has 4 N–H and O–H groups in total. The summed E-state index contributed by atoms with van der Waals surface area (Å²) in [6, 6.07) is 10.8. The molecule has 9 heteroatoms. The van der Waals surface area contributed by atoms with E-state index < -0.39 is 11.6 Å². The van der Waals surface area contributed by atoms with E-state index in [1.54, 1.807) is 37.0 Å². The summed E-state index contributed by atoms with van der Waals surface area (Å²) in [7, 11) is 0. The van der Waals surface area contributed by atoms with E-state index in [0.29, 0.717) is 25.9 Å². The number of pyridine rings is 1. The van der Waals surface area contributed by atoms with E-state index in [0.717, 1.165) is 33.4 Å². The summed E-state index contributed by atoms with van der Waals surface area (Å²) >= 11 is 0.